The summed E-state index contributed by atoms with van der Waals surface area (Å²) in [5.41, 5.74) is 2.93. The highest BCUT2D eigenvalue weighted by molar-refractivity contribution is 7.10. The molecule has 3 amide bonds. The van der Waals surface area contributed by atoms with Gasteiger partial charge >= 0.3 is 6.03 Å². The number of aliphatic imine (C=N–C) groups is 1. The molecule has 0 radical (unpaired) electrons. The van der Waals surface area contributed by atoms with Gasteiger partial charge in [-0.2, -0.15) is 0 Å². The average molecular weight is 458 g/mol. The first kappa shape index (κ1) is 22.1. The molecule has 3 N–H and O–H groups in total. The van der Waals surface area contributed by atoms with Crippen LogP contribution in [0, 0.1) is 12.3 Å². The zero-order valence-electron chi connectivity index (χ0n) is 18.0. The highest BCUT2D eigenvalue weighted by Gasteiger charge is 2.24. The van der Waals surface area contributed by atoms with Crippen molar-refractivity contribution in [2.24, 2.45) is 4.99 Å². The molecule has 0 fully saturated rings. The number of amidine groups is 1. The Hall–Kier alpha value is -4.09. The maximum atomic E-state index is 13.1. The minimum Gasteiger partial charge on any atom is -0.358 e. The first-order chi connectivity index (χ1) is 16.0. The minimum atomic E-state index is -0.847. The number of terminal acetylenes is 1. The molecule has 8 heteroatoms. The number of nitrogens with zero attached hydrogens (tertiary/aromatic N) is 2. The van der Waals surface area contributed by atoms with Crippen molar-refractivity contribution in [3.05, 3.63) is 82.0 Å². The number of carbonyl (C=O) groups is 2. The van der Waals surface area contributed by atoms with Crippen molar-refractivity contribution >= 4 is 40.5 Å². The second kappa shape index (κ2) is 10.0. The van der Waals surface area contributed by atoms with Crippen molar-refractivity contribution < 1.29 is 9.59 Å². The van der Waals surface area contributed by atoms with Crippen molar-refractivity contribution in [1.82, 2.24) is 10.2 Å². The highest BCUT2D eigenvalue weighted by Crippen LogP contribution is 2.22. The number of carbonyl (C=O) groups excluding carboxylic acids is 2. The fourth-order valence-corrected chi connectivity index (χ4v) is 4.20. The molecule has 3 aromatic rings. The van der Waals surface area contributed by atoms with E-state index in [1.807, 2.05) is 48.8 Å². The molecule has 0 aliphatic carbocycles. The molecule has 1 unspecified atom stereocenters. The van der Waals surface area contributed by atoms with E-state index in [4.69, 9.17) is 6.42 Å². The monoisotopic (exact) mass is 457 g/mol. The Morgan fingerprint density at radius 1 is 1.06 bits per heavy atom. The van der Waals surface area contributed by atoms with Crippen molar-refractivity contribution in [3.8, 4) is 12.3 Å². The molecule has 2 aromatic carbocycles. The van der Waals surface area contributed by atoms with Crippen LogP contribution < -0.4 is 16.0 Å². The molecule has 1 aromatic heterocycles. The van der Waals surface area contributed by atoms with Crippen LogP contribution in [-0.4, -0.2) is 42.8 Å². The Morgan fingerprint density at radius 3 is 2.36 bits per heavy atom. The molecule has 1 atom stereocenters. The summed E-state index contributed by atoms with van der Waals surface area (Å²) in [6, 6.07) is 16.7. The van der Waals surface area contributed by atoms with Crippen LogP contribution in [0.15, 0.2) is 71.0 Å². The van der Waals surface area contributed by atoms with Gasteiger partial charge in [0.2, 0.25) is 0 Å². The number of nitrogens with one attached hydrogen (secondary N) is 3. The fourth-order valence-electron chi connectivity index (χ4n) is 3.43. The number of amides is 3. The summed E-state index contributed by atoms with van der Waals surface area (Å²) in [5.74, 6) is 3.14. The maximum Gasteiger partial charge on any atom is 0.320 e. The predicted molar refractivity (Wildman–Crippen MR) is 133 cm³/mol. The number of likely N-dealkylation sites (N-methyl/N-ethyl adjacent to an activating group) is 1. The molecule has 33 heavy (non-hydrogen) atoms. The van der Waals surface area contributed by atoms with Crippen LogP contribution in [-0.2, 0) is 4.79 Å². The number of thiophene rings is 1. The van der Waals surface area contributed by atoms with Gasteiger partial charge in [-0.15, -0.1) is 17.8 Å². The van der Waals surface area contributed by atoms with E-state index in [1.54, 1.807) is 24.3 Å². The zero-order valence-corrected chi connectivity index (χ0v) is 18.9. The average Bonchev–Trinajstić information content (AvgIpc) is 3.50. The van der Waals surface area contributed by atoms with Gasteiger partial charge in [-0.25, -0.2) is 4.79 Å². The van der Waals surface area contributed by atoms with Gasteiger partial charge in [0.05, 0.1) is 6.54 Å². The largest absolute Gasteiger partial charge is 0.358 e. The van der Waals surface area contributed by atoms with E-state index in [0.717, 1.165) is 34.9 Å². The molecule has 1 aliphatic heterocycles. The van der Waals surface area contributed by atoms with E-state index in [0.29, 0.717) is 11.4 Å². The van der Waals surface area contributed by atoms with Crippen LogP contribution in [0.25, 0.3) is 0 Å². The zero-order chi connectivity index (χ0) is 23.2. The summed E-state index contributed by atoms with van der Waals surface area (Å²) in [6.07, 6.45) is 5.36. The van der Waals surface area contributed by atoms with Crippen LogP contribution in [0.2, 0.25) is 0 Å². The van der Waals surface area contributed by atoms with Crippen LogP contribution in [0.1, 0.15) is 22.0 Å². The molecule has 166 valence electrons. The van der Waals surface area contributed by atoms with Crippen molar-refractivity contribution in [3.63, 3.8) is 0 Å². The van der Waals surface area contributed by atoms with Gasteiger partial charge in [0.1, 0.15) is 11.9 Å². The van der Waals surface area contributed by atoms with Gasteiger partial charge in [0.15, 0.2) is 0 Å². The summed E-state index contributed by atoms with van der Waals surface area (Å²) >= 11 is 1.40. The summed E-state index contributed by atoms with van der Waals surface area (Å²) in [7, 11) is 2.01. The molecule has 0 spiro atoms. The normalized spacial score (nSPS) is 13.6. The molecule has 0 saturated heterocycles. The van der Waals surface area contributed by atoms with Gasteiger partial charge in [0.25, 0.3) is 5.91 Å². The number of hydrogen-bond acceptors (Lipinski definition) is 5. The number of hydrogen-bond donors (Lipinski definition) is 3. The van der Waals surface area contributed by atoms with Crippen LogP contribution in [0.4, 0.5) is 16.2 Å². The lowest BCUT2D eigenvalue weighted by atomic mass is 10.1. The van der Waals surface area contributed by atoms with Crippen molar-refractivity contribution in [1.29, 1.82) is 0 Å². The lowest BCUT2D eigenvalue weighted by Crippen LogP contribution is -2.39. The summed E-state index contributed by atoms with van der Waals surface area (Å²) in [5, 5.41) is 10.3. The number of rotatable bonds is 6. The predicted octanol–water partition coefficient (Wildman–Crippen LogP) is 3.92. The summed E-state index contributed by atoms with van der Waals surface area (Å²) in [6.45, 7) is 1.69. The van der Waals surface area contributed by atoms with Crippen LogP contribution in [0.3, 0.4) is 0 Å². The molecule has 7 nitrogen and oxygen atoms in total. The highest BCUT2D eigenvalue weighted by atomic mass is 32.1. The first-order valence-electron chi connectivity index (χ1n) is 10.4. The molecular weight excluding hydrogens is 434 g/mol. The van der Waals surface area contributed by atoms with Crippen LogP contribution >= 0.6 is 11.3 Å². The van der Waals surface area contributed by atoms with E-state index < -0.39 is 12.1 Å². The van der Waals surface area contributed by atoms with E-state index in [-0.39, 0.29) is 5.91 Å². The molecule has 2 heterocycles. The number of benzene rings is 2. The lowest BCUT2D eigenvalue weighted by molar-refractivity contribution is -0.118. The third-order valence-electron chi connectivity index (χ3n) is 5.14. The molecule has 1 aliphatic rings. The Morgan fingerprint density at radius 2 is 1.76 bits per heavy atom. The Balaban J connectivity index is 1.43. The first-order valence-corrected chi connectivity index (χ1v) is 11.3. The fraction of sp³-hybridized carbons (Fsp3) is 0.160. The molecule has 4 rings (SSSR count). The van der Waals surface area contributed by atoms with Gasteiger partial charge in [-0.3, -0.25) is 9.79 Å². The number of anilines is 2. The maximum absolute atomic E-state index is 13.1. The smallest absolute Gasteiger partial charge is 0.320 e. The Labute approximate surface area is 196 Å². The van der Waals surface area contributed by atoms with Gasteiger partial charge < -0.3 is 20.9 Å². The summed E-state index contributed by atoms with van der Waals surface area (Å²) < 4.78 is 0. The SMILES string of the molecule is C#Cc1ccc(NC(=O)NC(C(=O)Nc2ccc(C3=NCCN3C)cc2)c2cccs2)cc1. The van der Waals surface area contributed by atoms with Gasteiger partial charge in [-0.1, -0.05) is 12.0 Å². The van der Waals surface area contributed by atoms with Gasteiger partial charge in [0, 0.05) is 41.0 Å². The van der Waals surface area contributed by atoms with Crippen molar-refractivity contribution in [2.75, 3.05) is 30.8 Å². The molecule has 0 saturated carbocycles. The van der Waals surface area contributed by atoms with E-state index in [2.05, 4.69) is 31.8 Å². The van der Waals surface area contributed by atoms with Gasteiger partial charge in [-0.05, 0) is 60.0 Å². The standard InChI is InChI=1S/C25H23N5O2S/c1-3-17-6-10-20(11-7-17)28-25(32)29-22(21-5-4-16-33-21)24(31)27-19-12-8-18(9-13-19)23-26-14-15-30(23)2/h1,4-13,16,22H,14-15H2,2H3,(H,27,31)(H2,28,29,32). The Bertz CT molecular complexity index is 1200. The molecular formula is C25H23N5O2S. The molecule has 0 bridgehead atoms. The summed E-state index contributed by atoms with van der Waals surface area (Å²) in [4.78, 5) is 33.0. The van der Waals surface area contributed by atoms with E-state index in [1.165, 1.54) is 11.3 Å². The second-order valence-corrected chi connectivity index (χ2v) is 8.44. The Kier molecular flexibility index (Phi) is 6.72. The minimum absolute atomic E-state index is 0.335. The third kappa shape index (κ3) is 5.40. The number of urea groups is 1. The van der Waals surface area contributed by atoms with Crippen LogP contribution in [0.5, 0.6) is 0 Å². The van der Waals surface area contributed by atoms with E-state index in [9.17, 15) is 9.59 Å². The van der Waals surface area contributed by atoms with E-state index >= 15 is 0 Å². The second-order valence-electron chi connectivity index (χ2n) is 7.46. The topological polar surface area (TPSA) is 85.8 Å². The quantitative estimate of drug-likeness (QED) is 0.491. The lowest BCUT2D eigenvalue weighted by Gasteiger charge is -2.18. The third-order valence-corrected chi connectivity index (χ3v) is 6.08. The van der Waals surface area contributed by atoms with Crippen molar-refractivity contribution in [2.45, 2.75) is 6.04 Å².